The van der Waals surface area contributed by atoms with Gasteiger partial charge >= 0.3 is 0 Å². The van der Waals surface area contributed by atoms with Crippen molar-refractivity contribution in [1.29, 1.82) is 0 Å². The van der Waals surface area contributed by atoms with Crippen LogP contribution in [0.4, 0.5) is 11.4 Å². The van der Waals surface area contributed by atoms with E-state index in [1.54, 1.807) is 24.3 Å². The Bertz CT molecular complexity index is 1040. The molecular formula is C16H14N2O4S2. The molecule has 5 rings (SSSR count). The van der Waals surface area contributed by atoms with Crippen LogP contribution in [-0.2, 0) is 19.7 Å². The molecule has 2 heterocycles. The van der Waals surface area contributed by atoms with Gasteiger partial charge in [0.05, 0.1) is 20.3 Å². The molecule has 0 radical (unpaired) electrons. The molecule has 0 unspecified atom stereocenters. The maximum Gasteiger partial charge on any atom is 0.182 e. The number of nitrogen functional groups attached to an aromatic ring is 2. The van der Waals surface area contributed by atoms with Gasteiger partial charge in [-0.05, 0) is 35.4 Å². The van der Waals surface area contributed by atoms with Crippen molar-refractivity contribution in [2.75, 3.05) is 11.5 Å². The van der Waals surface area contributed by atoms with Crippen LogP contribution in [-0.4, -0.2) is 27.3 Å². The third kappa shape index (κ3) is 1.38. The molecular weight excluding hydrogens is 348 g/mol. The Morgan fingerprint density at radius 1 is 0.667 bits per heavy atom. The maximum atomic E-state index is 13.0. The number of anilines is 2. The molecule has 124 valence electrons. The topological polar surface area (TPSA) is 120 Å². The molecule has 6 nitrogen and oxygen atoms in total. The summed E-state index contributed by atoms with van der Waals surface area (Å²) >= 11 is 0. The fraction of sp³-hybridized carbons (Fsp3) is 0.250. The van der Waals surface area contributed by atoms with Crippen LogP contribution in [0.3, 0.4) is 0 Å². The highest BCUT2D eigenvalue weighted by Gasteiger charge is 2.70. The van der Waals surface area contributed by atoms with E-state index >= 15 is 0 Å². The van der Waals surface area contributed by atoms with Crippen LogP contribution >= 0.6 is 0 Å². The minimum absolute atomic E-state index is 0.180. The first-order valence-electron chi connectivity index (χ1n) is 7.51. The number of benzene rings is 2. The highest BCUT2D eigenvalue weighted by atomic mass is 32.2. The van der Waals surface area contributed by atoms with Gasteiger partial charge < -0.3 is 11.5 Å². The zero-order valence-corrected chi connectivity index (χ0v) is 14.0. The fourth-order valence-corrected chi connectivity index (χ4v) is 9.85. The van der Waals surface area contributed by atoms with Crippen molar-refractivity contribution >= 4 is 31.0 Å². The van der Waals surface area contributed by atoms with E-state index in [9.17, 15) is 16.8 Å². The largest absolute Gasteiger partial charge is 0.399 e. The Balaban J connectivity index is 1.79. The van der Waals surface area contributed by atoms with Crippen LogP contribution in [0.2, 0.25) is 0 Å². The molecule has 0 aromatic heterocycles. The van der Waals surface area contributed by atoms with Gasteiger partial charge in [0.1, 0.15) is 0 Å². The average molecular weight is 362 g/mol. The van der Waals surface area contributed by atoms with Gasteiger partial charge in [-0.1, -0.05) is 12.1 Å². The van der Waals surface area contributed by atoms with Crippen molar-refractivity contribution in [3.05, 3.63) is 47.5 Å². The smallest absolute Gasteiger partial charge is 0.182 e. The molecule has 1 saturated carbocycles. The van der Waals surface area contributed by atoms with E-state index in [1.807, 2.05) is 0 Å². The zero-order chi connectivity index (χ0) is 17.0. The molecule has 4 N–H and O–H groups in total. The van der Waals surface area contributed by atoms with Crippen molar-refractivity contribution in [2.45, 2.75) is 32.1 Å². The van der Waals surface area contributed by atoms with Crippen molar-refractivity contribution in [1.82, 2.24) is 0 Å². The normalized spacial score (nSPS) is 33.0. The summed E-state index contributed by atoms with van der Waals surface area (Å²) in [4.78, 5) is 0.359. The van der Waals surface area contributed by atoms with Crippen LogP contribution in [0.25, 0.3) is 0 Å². The van der Waals surface area contributed by atoms with E-state index < -0.39 is 42.0 Å². The standard InChI is InChI=1S/C16H14N2O4S2/c17-7-1-3-9-11(5-7)23(19,20)15-13(9)16-14(15)10-4-2-8(18)6-12(10)24(16,21)22/h1-6,13-16H,17-18H2. The van der Waals surface area contributed by atoms with Crippen molar-refractivity contribution < 1.29 is 16.8 Å². The summed E-state index contributed by atoms with van der Waals surface area (Å²) in [7, 11) is -7.20. The molecule has 0 spiro atoms. The molecule has 24 heavy (non-hydrogen) atoms. The van der Waals surface area contributed by atoms with Crippen LogP contribution < -0.4 is 11.5 Å². The highest BCUT2D eigenvalue weighted by molar-refractivity contribution is 7.94. The predicted molar refractivity (Wildman–Crippen MR) is 89.1 cm³/mol. The van der Waals surface area contributed by atoms with E-state index in [2.05, 4.69) is 0 Å². The molecule has 3 aliphatic rings. The number of nitrogens with two attached hydrogens (primary N) is 2. The number of sulfone groups is 2. The third-order valence-electron chi connectivity index (χ3n) is 5.54. The minimum Gasteiger partial charge on any atom is -0.399 e. The molecule has 8 heteroatoms. The van der Waals surface area contributed by atoms with E-state index in [0.29, 0.717) is 22.5 Å². The van der Waals surface area contributed by atoms with Crippen LogP contribution in [0.5, 0.6) is 0 Å². The van der Waals surface area contributed by atoms with Gasteiger partial charge in [-0.2, -0.15) is 0 Å². The van der Waals surface area contributed by atoms with E-state index in [4.69, 9.17) is 11.5 Å². The third-order valence-corrected chi connectivity index (χ3v) is 10.1. The molecule has 0 saturated heterocycles. The summed E-state index contributed by atoms with van der Waals surface area (Å²) in [5, 5.41) is -1.47. The summed E-state index contributed by atoms with van der Waals surface area (Å²) in [6, 6.07) is 9.42. The Kier molecular flexibility index (Phi) is 2.35. The summed E-state index contributed by atoms with van der Waals surface area (Å²) in [6.45, 7) is 0. The molecule has 2 aliphatic heterocycles. The molecule has 1 fully saturated rings. The lowest BCUT2D eigenvalue weighted by atomic mass is 9.68. The lowest BCUT2D eigenvalue weighted by Gasteiger charge is -2.42. The highest BCUT2D eigenvalue weighted by Crippen LogP contribution is 2.66. The van der Waals surface area contributed by atoms with Crippen LogP contribution in [0.15, 0.2) is 46.2 Å². The lowest BCUT2D eigenvalue weighted by molar-refractivity contribution is 0.369. The first kappa shape index (κ1) is 14.3. The Morgan fingerprint density at radius 3 is 1.42 bits per heavy atom. The van der Waals surface area contributed by atoms with Gasteiger partial charge in [0.25, 0.3) is 0 Å². The van der Waals surface area contributed by atoms with Gasteiger partial charge in [-0.25, -0.2) is 16.8 Å². The van der Waals surface area contributed by atoms with Crippen molar-refractivity contribution in [3.8, 4) is 0 Å². The quantitative estimate of drug-likeness (QED) is 0.676. The van der Waals surface area contributed by atoms with Crippen molar-refractivity contribution in [2.24, 2.45) is 0 Å². The lowest BCUT2D eigenvalue weighted by Crippen LogP contribution is -2.51. The molecule has 2 aromatic rings. The Morgan fingerprint density at radius 2 is 1.04 bits per heavy atom. The van der Waals surface area contributed by atoms with Gasteiger partial charge in [-0.3, -0.25) is 0 Å². The number of fused-ring (bicyclic) bond motifs is 8. The SMILES string of the molecule is Nc1ccc2c(c1)S(=O)(=O)C1C2C2C1c1ccc(N)cc1S2(=O)=O. The second-order valence-corrected chi connectivity index (χ2v) is 10.8. The molecule has 0 bridgehead atoms. The molecule has 0 amide bonds. The average Bonchev–Trinajstić information content (AvgIpc) is 2.75. The predicted octanol–water partition coefficient (Wildman–Crippen LogP) is 1.04. The van der Waals surface area contributed by atoms with E-state index in [1.165, 1.54) is 12.1 Å². The molecule has 2 aromatic carbocycles. The van der Waals surface area contributed by atoms with E-state index in [0.717, 1.165) is 0 Å². The molecule has 1 aliphatic carbocycles. The van der Waals surface area contributed by atoms with E-state index in [-0.39, 0.29) is 9.79 Å². The minimum atomic E-state index is -3.60. The van der Waals surface area contributed by atoms with Crippen molar-refractivity contribution in [3.63, 3.8) is 0 Å². The van der Waals surface area contributed by atoms with Gasteiger partial charge in [0.15, 0.2) is 19.7 Å². The number of hydrogen-bond acceptors (Lipinski definition) is 6. The Labute approximate surface area is 139 Å². The first-order chi connectivity index (χ1) is 11.2. The summed E-state index contributed by atoms with van der Waals surface area (Å²) in [6.07, 6.45) is 0. The van der Waals surface area contributed by atoms with Gasteiger partial charge in [0.2, 0.25) is 0 Å². The van der Waals surface area contributed by atoms with Gasteiger partial charge in [0, 0.05) is 23.2 Å². The maximum absolute atomic E-state index is 13.0. The fourth-order valence-electron chi connectivity index (χ4n) is 4.59. The summed E-state index contributed by atoms with van der Waals surface area (Å²) < 4.78 is 51.8. The second kappa shape index (κ2) is 3.94. The Hall–Kier alpha value is -2.06. The number of rotatable bonds is 0. The van der Waals surface area contributed by atoms with Gasteiger partial charge in [-0.15, -0.1) is 0 Å². The van der Waals surface area contributed by atoms with Crippen LogP contribution in [0, 0.1) is 0 Å². The second-order valence-electron chi connectivity index (χ2n) is 6.67. The van der Waals surface area contributed by atoms with Crippen LogP contribution in [0.1, 0.15) is 23.0 Å². The number of hydrogen-bond donors (Lipinski definition) is 2. The first-order valence-corrected chi connectivity index (χ1v) is 10.6. The summed E-state index contributed by atoms with van der Waals surface area (Å²) in [5.41, 5.74) is 13.3. The molecule has 0 atom stereocenters. The zero-order valence-electron chi connectivity index (χ0n) is 12.4. The monoisotopic (exact) mass is 362 g/mol. The summed E-state index contributed by atoms with van der Waals surface area (Å²) in [5.74, 6) is -1.07.